The lowest BCUT2D eigenvalue weighted by Crippen LogP contribution is -2.38. The SMILES string of the molecule is CCCNCc1sc(CCN2CCCCC2C)nc1CC. The molecule has 1 unspecified atom stereocenters. The fraction of sp³-hybridized carbons (Fsp3) is 0.824. The van der Waals surface area contributed by atoms with Crippen LogP contribution in [0, 0.1) is 0 Å². The number of aromatic nitrogens is 1. The van der Waals surface area contributed by atoms with E-state index < -0.39 is 0 Å². The first-order chi connectivity index (χ1) is 10.2. The first-order valence-corrected chi connectivity index (χ1v) is 9.48. The van der Waals surface area contributed by atoms with Crippen LogP contribution in [-0.2, 0) is 19.4 Å². The molecule has 0 bridgehead atoms. The van der Waals surface area contributed by atoms with Crippen molar-refractivity contribution in [1.82, 2.24) is 15.2 Å². The summed E-state index contributed by atoms with van der Waals surface area (Å²) in [5.74, 6) is 0. The lowest BCUT2D eigenvalue weighted by atomic mass is 10.0. The van der Waals surface area contributed by atoms with Gasteiger partial charge in [0.2, 0.25) is 0 Å². The molecule has 0 amide bonds. The zero-order valence-corrected chi connectivity index (χ0v) is 14.8. The van der Waals surface area contributed by atoms with E-state index in [1.165, 1.54) is 54.4 Å². The fourth-order valence-electron chi connectivity index (χ4n) is 3.07. The number of rotatable bonds is 8. The average molecular weight is 310 g/mol. The molecule has 1 fully saturated rings. The third-order valence-electron chi connectivity index (χ3n) is 4.42. The predicted molar refractivity (Wildman–Crippen MR) is 92.1 cm³/mol. The highest BCUT2D eigenvalue weighted by Gasteiger charge is 2.18. The number of likely N-dealkylation sites (tertiary alicyclic amines) is 1. The highest BCUT2D eigenvalue weighted by Crippen LogP contribution is 2.22. The summed E-state index contributed by atoms with van der Waals surface area (Å²) in [4.78, 5) is 8.96. The first kappa shape index (κ1) is 16.9. The smallest absolute Gasteiger partial charge is 0.0944 e. The molecule has 4 heteroatoms. The molecule has 0 saturated carbocycles. The van der Waals surface area contributed by atoms with Gasteiger partial charge in [-0.2, -0.15) is 0 Å². The van der Waals surface area contributed by atoms with Crippen molar-refractivity contribution in [3.05, 3.63) is 15.6 Å². The topological polar surface area (TPSA) is 28.2 Å². The largest absolute Gasteiger partial charge is 0.312 e. The molecule has 1 aromatic rings. The Morgan fingerprint density at radius 1 is 1.33 bits per heavy atom. The summed E-state index contributed by atoms with van der Waals surface area (Å²) >= 11 is 1.92. The number of nitrogens with one attached hydrogen (secondary N) is 1. The van der Waals surface area contributed by atoms with Gasteiger partial charge < -0.3 is 10.2 Å². The van der Waals surface area contributed by atoms with Gasteiger partial charge in [-0.15, -0.1) is 11.3 Å². The zero-order valence-electron chi connectivity index (χ0n) is 14.0. The molecule has 1 aliphatic rings. The molecule has 0 radical (unpaired) electrons. The summed E-state index contributed by atoms with van der Waals surface area (Å²) in [6.45, 7) is 11.4. The highest BCUT2D eigenvalue weighted by molar-refractivity contribution is 7.11. The number of aryl methyl sites for hydroxylation is 1. The van der Waals surface area contributed by atoms with Crippen LogP contribution in [0.3, 0.4) is 0 Å². The van der Waals surface area contributed by atoms with Gasteiger partial charge in [0.1, 0.15) is 0 Å². The Morgan fingerprint density at radius 2 is 2.19 bits per heavy atom. The van der Waals surface area contributed by atoms with E-state index in [0.29, 0.717) is 0 Å². The standard InChI is InChI=1S/C17H31N3S/c1-4-10-18-13-16-15(5-2)19-17(21-16)9-12-20-11-7-6-8-14(20)3/h14,18H,4-13H2,1-3H3. The van der Waals surface area contributed by atoms with Crippen LogP contribution in [-0.4, -0.2) is 35.6 Å². The number of nitrogens with zero attached hydrogens (tertiary/aromatic N) is 2. The van der Waals surface area contributed by atoms with Crippen LogP contribution in [0.2, 0.25) is 0 Å². The Balaban J connectivity index is 1.87. The fourth-order valence-corrected chi connectivity index (χ4v) is 4.18. The summed E-state index contributed by atoms with van der Waals surface area (Å²) in [5.41, 5.74) is 1.31. The van der Waals surface area contributed by atoms with Crippen LogP contribution in [0.15, 0.2) is 0 Å². The van der Waals surface area contributed by atoms with E-state index in [9.17, 15) is 0 Å². The second kappa shape index (κ2) is 8.86. The van der Waals surface area contributed by atoms with Crippen LogP contribution in [0.1, 0.15) is 62.0 Å². The van der Waals surface area contributed by atoms with Gasteiger partial charge >= 0.3 is 0 Å². The Kier molecular flexibility index (Phi) is 7.14. The molecule has 1 aromatic heterocycles. The number of hydrogen-bond donors (Lipinski definition) is 1. The minimum atomic E-state index is 0.759. The minimum Gasteiger partial charge on any atom is -0.312 e. The van der Waals surface area contributed by atoms with Gasteiger partial charge in [0.15, 0.2) is 0 Å². The molecule has 1 saturated heterocycles. The van der Waals surface area contributed by atoms with Crippen molar-refractivity contribution in [2.75, 3.05) is 19.6 Å². The van der Waals surface area contributed by atoms with Crippen LogP contribution in [0.25, 0.3) is 0 Å². The average Bonchev–Trinajstić information content (AvgIpc) is 2.89. The molecule has 3 nitrogen and oxygen atoms in total. The van der Waals surface area contributed by atoms with Crippen molar-refractivity contribution < 1.29 is 0 Å². The highest BCUT2D eigenvalue weighted by atomic mass is 32.1. The van der Waals surface area contributed by atoms with Gasteiger partial charge in [0.05, 0.1) is 10.7 Å². The molecule has 2 heterocycles. The van der Waals surface area contributed by atoms with Gasteiger partial charge in [0.25, 0.3) is 0 Å². The quantitative estimate of drug-likeness (QED) is 0.743. The molecule has 2 rings (SSSR count). The van der Waals surface area contributed by atoms with Crippen molar-refractivity contribution in [3.8, 4) is 0 Å². The minimum absolute atomic E-state index is 0.759. The molecule has 21 heavy (non-hydrogen) atoms. The second-order valence-electron chi connectivity index (χ2n) is 6.14. The lowest BCUT2D eigenvalue weighted by molar-refractivity contribution is 0.163. The number of thiazole rings is 1. The van der Waals surface area contributed by atoms with Crippen molar-refractivity contribution >= 4 is 11.3 Å². The maximum absolute atomic E-state index is 4.87. The molecular weight excluding hydrogens is 278 g/mol. The summed E-state index contributed by atoms with van der Waals surface area (Å²) in [5, 5.41) is 4.84. The number of piperidine rings is 1. The van der Waals surface area contributed by atoms with Gasteiger partial charge in [0, 0.05) is 30.4 Å². The first-order valence-electron chi connectivity index (χ1n) is 8.66. The normalized spacial score (nSPS) is 20.0. The van der Waals surface area contributed by atoms with E-state index in [1.54, 1.807) is 0 Å². The van der Waals surface area contributed by atoms with Crippen molar-refractivity contribution in [1.29, 1.82) is 0 Å². The van der Waals surface area contributed by atoms with E-state index >= 15 is 0 Å². The molecule has 0 aromatic carbocycles. The summed E-state index contributed by atoms with van der Waals surface area (Å²) < 4.78 is 0. The lowest BCUT2D eigenvalue weighted by Gasteiger charge is -2.33. The van der Waals surface area contributed by atoms with Crippen LogP contribution in [0.5, 0.6) is 0 Å². The Hall–Kier alpha value is -0.450. The molecule has 0 aliphatic carbocycles. The van der Waals surface area contributed by atoms with E-state index in [0.717, 1.165) is 32.0 Å². The third-order valence-corrected chi connectivity index (χ3v) is 5.58. The summed E-state index contributed by atoms with van der Waals surface area (Å²) in [6.07, 6.45) is 7.51. The zero-order chi connectivity index (χ0) is 15.1. The molecule has 0 spiro atoms. The van der Waals surface area contributed by atoms with Gasteiger partial charge in [-0.1, -0.05) is 20.3 Å². The van der Waals surface area contributed by atoms with Crippen molar-refractivity contribution in [2.24, 2.45) is 0 Å². The van der Waals surface area contributed by atoms with Gasteiger partial charge in [-0.3, -0.25) is 0 Å². The Labute approximate surface area is 134 Å². The van der Waals surface area contributed by atoms with E-state index in [1.807, 2.05) is 11.3 Å². The Bertz CT molecular complexity index is 416. The monoisotopic (exact) mass is 309 g/mol. The van der Waals surface area contributed by atoms with Crippen LogP contribution >= 0.6 is 11.3 Å². The predicted octanol–water partition coefficient (Wildman–Crippen LogP) is 3.62. The molecule has 1 N–H and O–H groups in total. The Morgan fingerprint density at radius 3 is 2.90 bits per heavy atom. The second-order valence-corrected chi connectivity index (χ2v) is 7.31. The summed E-state index contributed by atoms with van der Waals surface area (Å²) in [7, 11) is 0. The molecule has 1 aliphatic heterocycles. The third kappa shape index (κ3) is 5.04. The van der Waals surface area contributed by atoms with Crippen LogP contribution in [0.4, 0.5) is 0 Å². The van der Waals surface area contributed by atoms with Gasteiger partial charge in [-0.25, -0.2) is 4.98 Å². The maximum Gasteiger partial charge on any atom is 0.0944 e. The van der Waals surface area contributed by atoms with E-state index in [-0.39, 0.29) is 0 Å². The maximum atomic E-state index is 4.87. The molecular formula is C17H31N3S. The number of hydrogen-bond acceptors (Lipinski definition) is 4. The van der Waals surface area contributed by atoms with Crippen molar-refractivity contribution in [3.63, 3.8) is 0 Å². The molecule has 120 valence electrons. The van der Waals surface area contributed by atoms with E-state index in [4.69, 9.17) is 4.98 Å². The van der Waals surface area contributed by atoms with Gasteiger partial charge in [-0.05, 0) is 45.7 Å². The van der Waals surface area contributed by atoms with Crippen LogP contribution < -0.4 is 5.32 Å². The molecule has 1 atom stereocenters. The summed E-state index contributed by atoms with van der Waals surface area (Å²) in [6, 6.07) is 0.759. The van der Waals surface area contributed by atoms with Crippen molar-refractivity contribution in [2.45, 2.75) is 71.9 Å². The van der Waals surface area contributed by atoms with E-state index in [2.05, 4.69) is 31.0 Å².